The number of carbonyl (C=O) groups excluding carboxylic acids is 1. The lowest BCUT2D eigenvalue weighted by Gasteiger charge is -2.02. The van der Waals surface area contributed by atoms with Crippen LogP contribution in [0.1, 0.15) is 25.8 Å². The van der Waals surface area contributed by atoms with Crippen LogP contribution in [0.5, 0.6) is 5.75 Å². The van der Waals surface area contributed by atoms with E-state index in [0.29, 0.717) is 19.6 Å². The molecule has 0 aliphatic rings. The predicted octanol–water partition coefficient (Wildman–Crippen LogP) is 3.05. The van der Waals surface area contributed by atoms with Gasteiger partial charge in [0.15, 0.2) is 0 Å². The fourth-order valence-corrected chi connectivity index (χ4v) is 1.35. The number of carbonyl (C=O) groups is 1. The molecular formula is C14H18O3. The molecule has 0 N–H and O–H groups in total. The summed E-state index contributed by atoms with van der Waals surface area (Å²) in [5.41, 5.74) is 1.04. The van der Waals surface area contributed by atoms with Crippen molar-refractivity contribution in [3.63, 3.8) is 0 Å². The van der Waals surface area contributed by atoms with Crippen molar-refractivity contribution in [3.05, 3.63) is 35.9 Å². The maximum atomic E-state index is 11.1. The van der Waals surface area contributed by atoms with E-state index in [-0.39, 0.29) is 5.97 Å². The van der Waals surface area contributed by atoms with Crippen molar-refractivity contribution in [2.24, 2.45) is 0 Å². The van der Waals surface area contributed by atoms with Gasteiger partial charge >= 0.3 is 5.97 Å². The Morgan fingerprint density at radius 1 is 1.18 bits per heavy atom. The van der Waals surface area contributed by atoms with Gasteiger partial charge < -0.3 is 9.47 Å². The van der Waals surface area contributed by atoms with Crippen LogP contribution in [-0.4, -0.2) is 19.2 Å². The molecule has 0 aromatic heterocycles. The fourth-order valence-electron chi connectivity index (χ4n) is 1.35. The van der Waals surface area contributed by atoms with Crippen molar-refractivity contribution in [3.8, 4) is 5.75 Å². The number of hydrogen-bond donors (Lipinski definition) is 0. The number of rotatable bonds is 6. The smallest absolute Gasteiger partial charge is 0.309 e. The molecule has 3 nitrogen and oxygen atoms in total. The highest BCUT2D eigenvalue weighted by Crippen LogP contribution is 2.13. The molecule has 0 aliphatic heterocycles. The Labute approximate surface area is 102 Å². The van der Waals surface area contributed by atoms with Gasteiger partial charge in [0.05, 0.1) is 19.6 Å². The molecule has 0 aliphatic carbocycles. The van der Waals surface area contributed by atoms with E-state index in [1.165, 1.54) is 0 Å². The van der Waals surface area contributed by atoms with Gasteiger partial charge in [0.2, 0.25) is 0 Å². The van der Waals surface area contributed by atoms with Crippen LogP contribution in [0.25, 0.3) is 6.08 Å². The normalized spacial score (nSPS) is 10.5. The molecule has 0 saturated heterocycles. The lowest BCUT2D eigenvalue weighted by Crippen LogP contribution is -2.01. The van der Waals surface area contributed by atoms with Crippen molar-refractivity contribution < 1.29 is 14.3 Å². The Hall–Kier alpha value is -1.77. The monoisotopic (exact) mass is 234 g/mol. The summed E-state index contributed by atoms with van der Waals surface area (Å²) in [4.78, 5) is 11.1. The second kappa shape index (κ2) is 7.49. The molecule has 0 saturated carbocycles. The maximum absolute atomic E-state index is 11.1. The van der Waals surface area contributed by atoms with Crippen molar-refractivity contribution >= 4 is 12.0 Å². The highest BCUT2D eigenvalue weighted by Gasteiger charge is 1.96. The molecule has 1 aromatic rings. The fraction of sp³-hybridized carbons (Fsp3) is 0.357. The first-order valence-electron chi connectivity index (χ1n) is 5.81. The average molecular weight is 234 g/mol. The summed E-state index contributed by atoms with van der Waals surface area (Å²) in [6.07, 6.45) is 4.00. The summed E-state index contributed by atoms with van der Waals surface area (Å²) in [5, 5.41) is 0. The van der Waals surface area contributed by atoms with Gasteiger partial charge in [-0.1, -0.05) is 24.3 Å². The van der Waals surface area contributed by atoms with Crippen molar-refractivity contribution in [1.29, 1.82) is 0 Å². The second-order valence-corrected chi connectivity index (χ2v) is 3.41. The van der Waals surface area contributed by atoms with Gasteiger partial charge in [-0.15, -0.1) is 0 Å². The zero-order chi connectivity index (χ0) is 12.5. The summed E-state index contributed by atoms with van der Waals surface area (Å²) in [7, 11) is 0. The summed E-state index contributed by atoms with van der Waals surface area (Å²) in [5.74, 6) is 0.657. The lowest BCUT2D eigenvalue weighted by molar-refractivity contribution is -0.142. The Bertz CT molecular complexity index is 366. The number of ether oxygens (including phenoxy) is 2. The van der Waals surface area contributed by atoms with Crippen molar-refractivity contribution in [2.45, 2.75) is 20.3 Å². The number of esters is 1. The zero-order valence-electron chi connectivity index (χ0n) is 10.3. The van der Waals surface area contributed by atoms with E-state index in [9.17, 15) is 4.79 Å². The average Bonchev–Trinajstić information content (AvgIpc) is 2.32. The topological polar surface area (TPSA) is 35.5 Å². The van der Waals surface area contributed by atoms with Crippen LogP contribution in [0, 0.1) is 0 Å². The molecule has 0 radical (unpaired) electrons. The van der Waals surface area contributed by atoms with Gasteiger partial charge in [0.25, 0.3) is 0 Å². The number of hydrogen-bond acceptors (Lipinski definition) is 3. The van der Waals surface area contributed by atoms with E-state index >= 15 is 0 Å². The summed E-state index contributed by atoms with van der Waals surface area (Å²) in [6.45, 7) is 4.84. The Morgan fingerprint density at radius 3 is 2.47 bits per heavy atom. The Morgan fingerprint density at radius 2 is 1.88 bits per heavy atom. The maximum Gasteiger partial charge on any atom is 0.309 e. The number of benzene rings is 1. The minimum Gasteiger partial charge on any atom is -0.494 e. The first-order valence-corrected chi connectivity index (χ1v) is 5.81. The SMILES string of the molecule is CCOC(=O)CC=Cc1ccc(OCC)cc1. The molecule has 0 atom stereocenters. The van der Waals surface area contributed by atoms with E-state index in [4.69, 9.17) is 9.47 Å². The van der Waals surface area contributed by atoms with E-state index < -0.39 is 0 Å². The molecule has 1 rings (SSSR count). The highest BCUT2D eigenvalue weighted by atomic mass is 16.5. The van der Waals surface area contributed by atoms with Gasteiger partial charge in [0.1, 0.15) is 5.75 Å². The molecule has 1 aromatic carbocycles. The molecule has 0 heterocycles. The molecule has 0 bridgehead atoms. The van der Waals surface area contributed by atoms with E-state index in [0.717, 1.165) is 11.3 Å². The van der Waals surface area contributed by atoms with Crippen LogP contribution in [-0.2, 0) is 9.53 Å². The van der Waals surface area contributed by atoms with E-state index in [2.05, 4.69) is 0 Å². The Kier molecular flexibility index (Phi) is 5.86. The molecule has 0 spiro atoms. The molecule has 92 valence electrons. The van der Waals surface area contributed by atoms with Crippen LogP contribution in [0.3, 0.4) is 0 Å². The summed E-state index contributed by atoms with van der Waals surface area (Å²) < 4.78 is 10.2. The zero-order valence-corrected chi connectivity index (χ0v) is 10.3. The van der Waals surface area contributed by atoms with Gasteiger partial charge in [-0.3, -0.25) is 4.79 Å². The van der Waals surface area contributed by atoms with Crippen LogP contribution in [0.2, 0.25) is 0 Å². The second-order valence-electron chi connectivity index (χ2n) is 3.41. The molecule has 3 heteroatoms. The summed E-state index contributed by atoms with van der Waals surface area (Å²) in [6, 6.07) is 7.72. The lowest BCUT2D eigenvalue weighted by atomic mass is 10.2. The van der Waals surface area contributed by atoms with Gasteiger partial charge in [-0.05, 0) is 31.5 Å². The minimum absolute atomic E-state index is 0.199. The quantitative estimate of drug-likeness (QED) is 0.710. The van der Waals surface area contributed by atoms with Crippen LogP contribution >= 0.6 is 0 Å². The van der Waals surface area contributed by atoms with Crippen LogP contribution in [0.15, 0.2) is 30.3 Å². The van der Waals surface area contributed by atoms with E-state index in [1.807, 2.05) is 37.3 Å². The van der Waals surface area contributed by atoms with Gasteiger partial charge in [0, 0.05) is 0 Å². The van der Waals surface area contributed by atoms with Crippen molar-refractivity contribution in [1.82, 2.24) is 0 Å². The molecule has 17 heavy (non-hydrogen) atoms. The third-order valence-electron chi connectivity index (χ3n) is 2.09. The van der Waals surface area contributed by atoms with Crippen molar-refractivity contribution in [2.75, 3.05) is 13.2 Å². The van der Waals surface area contributed by atoms with E-state index in [1.54, 1.807) is 13.0 Å². The minimum atomic E-state index is -0.199. The largest absolute Gasteiger partial charge is 0.494 e. The third-order valence-corrected chi connectivity index (χ3v) is 2.09. The van der Waals surface area contributed by atoms with Gasteiger partial charge in [-0.2, -0.15) is 0 Å². The molecule has 0 unspecified atom stereocenters. The first kappa shape index (κ1) is 13.3. The van der Waals surface area contributed by atoms with Crippen LogP contribution in [0.4, 0.5) is 0 Å². The first-order chi connectivity index (χ1) is 8.26. The van der Waals surface area contributed by atoms with Crippen LogP contribution < -0.4 is 4.74 Å². The Balaban J connectivity index is 2.45. The molecule has 0 fully saturated rings. The standard InChI is InChI=1S/C14H18O3/c1-3-16-13-10-8-12(9-11-13)6-5-7-14(15)17-4-2/h5-6,8-11H,3-4,7H2,1-2H3. The highest BCUT2D eigenvalue weighted by molar-refractivity contribution is 5.72. The molecular weight excluding hydrogens is 216 g/mol. The summed E-state index contributed by atoms with van der Waals surface area (Å²) >= 11 is 0. The predicted molar refractivity (Wildman–Crippen MR) is 67.9 cm³/mol. The third kappa shape index (κ3) is 5.20. The molecule has 0 amide bonds. The van der Waals surface area contributed by atoms with Gasteiger partial charge in [-0.25, -0.2) is 0 Å².